The minimum atomic E-state index is -0.0524. The van der Waals surface area contributed by atoms with Crippen molar-refractivity contribution in [2.75, 3.05) is 5.75 Å². The van der Waals surface area contributed by atoms with Crippen LogP contribution in [0.1, 0.15) is 24.1 Å². The standard InChI is InChI=1S/C25H24N4OS/c1-18-11-9-10-16-22(18)29-24(21-14-7-4-8-15-21)27-28-25(29)31-17-23(30)26-19(2)20-12-5-3-6-13-20/h3-16,19H,17H2,1-2H3,(H,26,30). The second-order valence-corrected chi connectivity index (χ2v) is 8.23. The van der Waals surface area contributed by atoms with Gasteiger partial charge >= 0.3 is 0 Å². The lowest BCUT2D eigenvalue weighted by molar-refractivity contribution is -0.119. The van der Waals surface area contributed by atoms with Gasteiger partial charge in [0.2, 0.25) is 5.91 Å². The lowest BCUT2D eigenvalue weighted by Gasteiger charge is -2.15. The van der Waals surface area contributed by atoms with Crippen molar-refractivity contribution >= 4 is 17.7 Å². The number of hydrogen-bond acceptors (Lipinski definition) is 4. The summed E-state index contributed by atoms with van der Waals surface area (Å²) in [5.74, 6) is 0.980. The van der Waals surface area contributed by atoms with Crippen LogP contribution in [0, 0.1) is 6.92 Å². The fourth-order valence-electron chi connectivity index (χ4n) is 3.41. The van der Waals surface area contributed by atoms with Crippen LogP contribution in [-0.4, -0.2) is 26.4 Å². The molecule has 0 saturated heterocycles. The number of carbonyl (C=O) groups is 1. The number of hydrogen-bond donors (Lipinski definition) is 1. The van der Waals surface area contributed by atoms with E-state index >= 15 is 0 Å². The zero-order chi connectivity index (χ0) is 21.6. The Morgan fingerprint density at radius 3 is 2.29 bits per heavy atom. The molecule has 1 unspecified atom stereocenters. The molecule has 5 nitrogen and oxygen atoms in total. The lowest BCUT2D eigenvalue weighted by Crippen LogP contribution is -2.28. The second kappa shape index (κ2) is 9.62. The third-order valence-corrected chi connectivity index (χ3v) is 5.96. The summed E-state index contributed by atoms with van der Waals surface area (Å²) in [5.41, 5.74) is 4.18. The lowest BCUT2D eigenvalue weighted by atomic mass is 10.1. The third kappa shape index (κ3) is 4.86. The Labute approximate surface area is 186 Å². The molecule has 0 radical (unpaired) electrons. The molecule has 1 amide bonds. The highest BCUT2D eigenvalue weighted by molar-refractivity contribution is 7.99. The van der Waals surface area contributed by atoms with E-state index in [0.29, 0.717) is 5.16 Å². The van der Waals surface area contributed by atoms with Gasteiger partial charge in [0.15, 0.2) is 11.0 Å². The van der Waals surface area contributed by atoms with Gasteiger partial charge in [-0.1, -0.05) is 90.6 Å². The van der Waals surface area contributed by atoms with Gasteiger partial charge in [0.1, 0.15) is 0 Å². The summed E-state index contributed by atoms with van der Waals surface area (Å²) >= 11 is 1.39. The number of benzene rings is 3. The van der Waals surface area contributed by atoms with Gasteiger partial charge in [-0.15, -0.1) is 10.2 Å². The van der Waals surface area contributed by atoms with Gasteiger partial charge in [-0.05, 0) is 31.0 Å². The van der Waals surface area contributed by atoms with E-state index < -0.39 is 0 Å². The first-order valence-electron chi connectivity index (χ1n) is 10.2. The van der Waals surface area contributed by atoms with Crippen LogP contribution >= 0.6 is 11.8 Å². The van der Waals surface area contributed by atoms with Crippen LogP contribution in [0.2, 0.25) is 0 Å². The molecule has 4 rings (SSSR count). The van der Waals surface area contributed by atoms with Crippen molar-refractivity contribution in [2.24, 2.45) is 0 Å². The molecule has 1 heterocycles. The number of para-hydroxylation sites is 1. The Hall–Kier alpha value is -3.38. The zero-order valence-electron chi connectivity index (χ0n) is 17.5. The van der Waals surface area contributed by atoms with E-state index in [1.54, 1.807) is 0 Å². The molecule has 0 aliphatic heterocycles. The molecule has 6 heteroatoms. The van der Waals surface area contributed by atoms with E-state index in [4.69, 9.17) is 0 Å². The number of nitrogens with zero attached hydrogens (tertiary/aromatic N) is 3. The minimum absolute atomic E-state index is 0.0399. The Morgan fingerprint density at radius 2 is 1.58 bits per heavy atom. The maximum atomic E-state index is 12.6. The van der Waals surface area contributed by atoms with E-state index in [2.05, 4.69) is 28.5 Å². The minimum Gasteiger partial charge on any atom is -0.349 e. The van der Waals surface area contributed by atoms with Gasteiger partial charge in [-0.2, -0.15) is 0 Å². The largest absolute Gasteiger partial charge is 0.349 e. The molecule has 1 atom stereocenters. The summed E-state index contributed by atoms with van der Waals surface area (Å²) in [7, 11) is 0. The van der Waals surface area contributed by atoms with E-state index in [-0.39, 0.29) is 17.7 Å². The van der Waals surface area contributed by atoms with Gasteiger partial charge in [-0.25, -0.2) is 0 Å². The molecular formula is C25H24N4OS. The number of carbonyl (C=O) groups excluding carboxylic acids is 1. The zero-order valence-corrected chi connectivity index (χ0v) is 18.3. The third-order valence-electron chi connectivity index (χ3n) is 5.03. The number of thioether (sulfide) groups is 1. The Kier molecular flexibility index (Phi) is 6.48. The van der Waals surface area contributed by atoms with E-state index in [1.807, 2.05) is 90.4 Å². The normalized spacial score (nSPS) is 11.8. The summed E-state index contributed by atoms with van der Waals surface area (Å²) in [6, 6.07) is 28.0. The van der Waals surface area contributed by atoms with Crippen LogP contribution < -0.4 is 5.32 Å². The molecule has 0 fully saturated rings. The van der Waals surface area contributed by atoms with Gasteiger partial charge in [0, 0.05) is 5.56 Å². The van der Waals surface area contributed by atoms with E-state index in [0.717, 1.165) is 28.2 Å². The molecule has 3 aromatic carbocycles. The fraction of sp³-hybridized carbons (Fsp3) is 0.160. The Balaban J connectivity index is 1.57. The van der Waals surface area contributed by atoms with Gasteiger partial charge in [0.05, 0.1) is 17.5 Å². The van der Waals surface area contributed by atoms with Crippen molar-refractivity contribution in [3.05, 3.63) is 96.1 Å². The molecular weight excluding hydrogens is 404 g/mol. The van der Waals surface area contributed by atoms with Crippen molar-refractivity contribution in [3.63, 3.8) is 0 Å². The van der Waals surface area contributed by atoms with Crippen molar-refractivity contribution in [3.8, 4) is 17.1 Å². The maximum Gasteiger partial charge on any atom is 0.230 e. The highest BCUT2D eigenvalue weighted by atomic mass is 32.2. The highest BCUT2D eigenvalue weighted by Gasteiger charge is 2.19. The molecule has 0 aliphatic carbocycles. The first-order chi connectivity index (χ1) is 15.1. The average molecular weight is 429 g/mol. The van der Waals surface area contributed by atoms with Gasteiger partial charge in [0.25, 0.3) is 0 Å². The molecule has 0 saturated carbocycles. The summed E-state index contributed by atoms with van der Waals surface area (Å²) in [6.07, 6.45) is 0. The molecule has 1 N–H and O–H groups in total. The van der Waals surface area contributed by atoms with Crippen LogP contribution in [0.15, 0.2) is 90.1 Å². The van der Waals surface area contributed by atoms with Crippen LogP contribution in [0.25, 0.3) is 17.1 Å². The molecule has 0 bridgehead atoms. The van der Waals surface area contributed by atoms with Crippen LogP contribution in [0.4, 0.5) is 0 Å². The topological polar surface area (TPSA) is 59.8 Å². The predicted molar refractivity (Wildman–Crippen MR) is 125 cm³/mol. The molecule has 156 valence electrons. The number of amides is 1. The van der Waals surface area contributed by atoms with Crippen molar-refractivity contribution in [2.45, 2.75) is 25.0 Å². The average Bonchev–Trinajstić information content (AvgIpc) is 3.23. The van der Waals surface area contributed by atoms with E-state index in [1.165, 1.54) is 11.8 Å². The number of aryl methyl sites for hydroxylation is 1. The first kappa shape index (κ1) is 20.9. The van der Waals surface area contributed by atoms with Crippen LogP contribution in [0.5, 0.6) is 0 Å². The first-order valence-corrected chi connectivity index (χ1v) is 11.2. The van der Waals surface area contributed by atoms with Crippen LogP contribution in [-0.2, 0) is 4.79 Å². The maximum absolute atomic E-state index is 12.6. The number of nitrogens with one attached hydrogen (secondary N) is 1. The quantitative estimate of drug-likeness (QED) is 0.411. The second-order valence-electron chi connectivity index (χ2n) is 7.28. The molecule has 4 aromatic rings. The summed E-state index contributed by atoms with van der Waals surface area (Å²) in [6.45, 7) is 4.05. The van der Waals surface area contributed by atoms with Gasteiger partial charge in [-0.3, -0.25) is 9.36 Å². The number of aromatic nitrogens is 3. The van der Waals surface area contributed by atoms with Crippen LogP contribution in [0.3, 0.4) is 0 Å². The summed E-state index contributed by atoms with van der Waals surface area (Å²) < 4.78 is 2.03. The molecule has 0 spiro atoms. The van der Waals surface area contributed by atoms with E-state index in [9.17, 15) is 4.79 Å². The summed E-state index contributed by atoms with van der Waals surface area (Å²) in [4.78, 5) is 12.6. The number of rotatable bonds is 7. The van der Waals surface area contributed by atoms with Crippen molar-refractivity contribution in [1.29, 1.82) is 0 Å². The monoisotopic (exact) mass is 428 g/mol. The van der Waals surface area contributed by atoms with Crippen molar-refractivity contribution in [1.82, 2.24) is 20.1 Å². The SMILES string of the molecule is Cc1ccccc1-n1c(SCC(=O)NC(C)c2ccccc2)nnc1-c1ccccc1. The molecule has 31 heavy (non-hydrogen) atoms. The van der Waals surface area contributed by atoms with Gasteiger partial charge < -0.3 is 5.32 Å². The fourth-order valence-corrected chi connectivity index (χ4v) is 4.16. The Morgan fingerprint density at radius 1 is 0.935 bits per heavy atom. The highest BCUT2D eigenvalue weighted by Crippen LogP contribution is 2.29. The predicted octanol–water partition coefficient (Wildman–Crippen LogP) is 5.21. The molecule has 0 aliphatic rings. The Bertz CT molecular complexity index is 1160. The summed E-state index contributed by atoms with van der Waals surface area (Å²) in [5, 5.41) is 12.6. The molecule has 1 aromatic heterocycles. The van der Waals surface area contributed by atoms with Crippen molar-refractivity contribution < 1.29 is 4.79 Å². The smallest absolute Gasteiger partial charge is 0.230 e.